The Kier molecular flexibility index (Phi) is 7.41. The molecular formula is C28H29ClFN7O3. The third-order valence-electron chi connectivity index (χ3n) is 7.16. The Bertz CT molecular complexity index is 1530. The molecule has 5 rings (SSSR count). The van der Waals surface area contributed by atoms with Gasteiger partial charge in [-0.05, 0) is 45.9 Å². The molecule has 0 aliphatic carbocycles. The van der Waals surface area contributed by atoms with E-state index in [1.807, 2.05) is 11.8 Å². The number of halogens is 2. The number of pyridine rings is 1. The summed E-state index contributed by atoms with van der Waals surface area (Å²) in [6, 6.07) is 6.06. The largest absolute Gasteiger partial charge is 0.484 e. The number of anilines is 2. The van der Waals surface area contributed by atoms with Crippen LogP contribution in [0.5, 0.6) is 5.75 Å². The maximum absolute atomic E-state index is 15.4. The molecule has 2 aromatic heterocycles. The van der Waals surface area contributed by atoms with Crippen molar-refractivity contribution < 1.29 is 18.7 Å². The van der Waals surface area contributed by atoms with Gasteiger partial charge in [0.1, 0.15) is 35.0 Å². The number of aliphatic imine (C=N–C) groups is 1. The quantitative estimate of drug-likeness (QED) is 0.266. The van der Waals surface area contributed by atoms with Crippen molar-refractivity contribution in [2.24, 2.45) is 4.99 Å². The lowest BCUT2D eigenvalue weighted by Crippen LogP contribution is -2.54. The fourth-order valence-electron chi connectivity index (χ4n) is 5.40. The van der Waals surface area contributed by atoms with E-state index in [0.29, 0.717) is 60.3 Å². The molecule has 208 valence electrons. The van der Waals surface area contributed by atoms with Gasteiger partial charge in [-0.25, -0.2) is 19.3 Å². The zero-order chi connectivity index (χ0) is 28.7. The number of carbonyl (C=O) groups excluding carboxylic acids is 2. The maximum atomic E-state index is 15.4. The fourth-order valence-corrected chi connectivity index (χ4v) is 5.65. The summed E-state index contributed by atoms with van der Waals surface area (Å²) in [4.78, 5) is 47.9. The van der Waals surface area contributed by atoms with E-state index in [9.17, 15) is 9.59 Å². The molecule has 2 atom stereocenters. The van der Waals surface area contributed by atoms with Crippen LogP contribution in [-0.2, 0) is 9.59 Å². The van der Waals surface area contributed by atoms with Crippen LogP contribution in [0.15, 0.2) is 29.3 Å². The first-order valence-electron chi connectivity index (χ1n) is 12.9. The lowest BCUT2D eigenvalue weighted by Gasteiger charge is -2.40. The third kappa shape index (κ3) is 4.64. The highest BCUT2D eigenvalue weighted by atomic mass is 35.5. The maximum Gasteiger partial charge on any atom is 0.220 e. The molecule has 40 heavy (non-hydrogen) atoms. The molecule has 0 N–H and O–H groups in total. The monoisotopic (exact) mass is 565 g/mol. The molecule has 10 nitrogen and oxygen atoms in total. The van der Waals surface area contributed by atoms with E-state index < -0.39 is 11.9 Å². The highest BCUT2D eigenvalue weighted by Gasteiger charge is 2.34. The molecule has 2 aliphatic rings. The van der Waals surface area contributed by atoms with Crippen molar-refractivity contribution >= 4 is 41.8 Å². The Morgan fingerprint density at radius 2 is 1.93 bits per heavy atom. The van der Waals surface area contributed by atoms with Crippen molar-refractivity contribution in [1.82, 2.24) is 24.8 Å². The van der Waals surface area contributed by atoms with Crippen LogP contribution in [0.4, 0.5) is 15.9 Å². The predicted octanol–water partition coefficient (Wildman–Crippen LogP) is 4.23. The number of hydrogen-bond acceptors (Lipinski definition) is 7. The molecule has 1 saturated heterocycles. The van der Waals surface area contributed by atoms with Gasteiger partial charge >= 0.3 is 0 Å². The topological polar surface area (TPSA) is 104 Å². The van der Waals surface area contributed by atoms with Crippen LogP contribution >= 0.6 is 11.6 Å². The van der Waals surface area contributed by atoms with Crippen molar-refractivity contribution in [1.29, 1.82) is 0 Å². The number of ether oxygens (including phenoxy) is 1. The number of carbonyl (C=O) groups is 2. The second kappa shape index (κ2) is 10.8. The molecule has 1 fully saturated rings. The smallest absolute Gasteiger partial charge is 0.220 e. The number of nitrogens with zero attached hydrogens (tertiary/aromatic N) is 7. The van der Waals surface area contributed by atoms with Crippen LogP contribution in [0.1, 0.15) is 42.7 Å². The average molecular weight is 566 g/mol. The van der Waals surface area contributed by atoms with Gasteiger partial charge in [0.2, 0.25) is 12.8 Å². The molecule has 2 amide bonds. The summed E-state index contributed by atoms with van der Waals surface area (Å²) in [6.07, 6.45) is 0.783. The first kappa shape index (κ1) is 27.4. The molecule has 4 heterocycles. The Balaban J connectivity index is 1.83. The van der Waals surface area contributed by atoms with E-state index in [4.69, 9.17) is 21.3 Å². The van der Waals surface area contributed by atoms with Crippen LogP contribution in [0.25, 0.3) is 11.3 Å². The molecule has 12 heteroatoms. The molecule has 0 radical (unpaired) electrons. The number of benzene rings is 1. The van der Waals surface area contributed by atoms with Gasteiger partial charge in [0.15, 0.2) is 5.82 Å². The van der Waals surface area contributed by atoms with E-state index in [-0.39, 0.29) is 33.9 Å². The standard InChI is InChI=1S/C28H29ClFN7O3/c1-15-12-35(13-38)9-10-36(15)27(31-5)19-11-20(29)25-23-21(30)7-6-8-22(23)40-17(3)24-26(16(2)32-18(4)33-24)37(14-39)28(19)34-25/h6-8,11,13-15,17H,9-10,12H2,1-5H3/b31-27+. The zero-order valence-electron chi connectivity index (χ0n) is 22.9. The summed E-state index contributed by atoms with van der Waals surface area (Å²) < 4.78 is 21.6. The third-order valence-corrected chi connectivity index (χ3v) is 7.45. The van der Waals surface area contributed by atoms with Gasteiger partial charge in [0.25, 0.3) is 0 Å². The van der Waals surface area contributed by atoms with Gasteiger partial charge < -0.3 is 14.5 Å². The van der Waals surface area contributed by atoms with Crippen molar-refractivity contribution in [3.63, 3.8) is 0 Å². The fraction of sp³-hybridized carbons (Fsp3) is 0.357. The first-order valence-corrected chi connectivity index (χ1v) is 13.2. The number of fused-ring (bicyclic) bond motifs is 5. The molecular weight excluding hydrogens is 537 g/mol. The molecule has 3 aromatic rings. The summed E-state index contributed by atoms with van der Waals surface area (Å²) in [5.41, 5.74) is 2.05. The molecule has 2 unspecified atom stereocenters. The Morgan fingerprint density at radius 1 is 1.15 bits per heavy atom. The number of aromatic nitrogens is 3. The van der Waals surface area contributed by atoms with Crippen molar-refractivity contribution in [3.05, 3.63) is 57.9 Å². The van der Waals surface area contributed by atoms with Crippen LogP contribution in [-0.4, -0.2) is 76.1 Å². The van der Waals surface area contributed by atoms with Gasteiger partial charge in [-0.15, -0.1) is 0 Å². The molecule has 0 saturated carbocycles. The van der Waals surface area contributed by atoms with E-state index in [1.165, 1.54) is 11.0 Å². The summed E-state index contributed by atoms with van der Waals surface area (Å²) in [5.74, 6) is 0.886. The number of aryl methyl sites for hydroxylation is 2. The SMILES string of the molecule is C/N=C(\c1cc(Cl)c2nc1N(C=O)c1c(C)nc(C)nc1C(C)Oc1cccc(F)c1-2)N1CCN(C=O)CC1C. The van der Waals surface area contributed by atoms with Crippen LogP contribution in [0.2, 0.25) is 5.02 Å². The van der Waals surface area contributed by atoms with Crippen molar-refractivity contribution in [2.45, 2.75) is 39.8 Å². The normalized spacial score (nSPS) is 19.0. The van der Waals surface area contributed by atoms with Crippen LogP contribution in [0.3, 0.4) is 0 Å². The molecule has 2 bridgehead atoms. The Labute approximate surface area is 236 Å². The Hall–Kier alpha value is -4.12. The second-order valence-electron chi connectivity index (χ2n) is 9.82. The zero-order valence-corrected chi connectivity index (χ0v) is 23.6. The van der Waals surface area contributed by atoms with Crippen LogP contribution < -0.4 is 9.64 Å². The van der Waals surface area contributed by atoms with Gasteiger partial charge in [-0.2, -0.15) is 0 Å². The van der Waals surface area contributed by atoms with E-state index >= 15 is 4.39 Å². The van der Waals surface area contributed by atoms with Gasteiger partial charge in [-0.3, -0.25) is 19.5 Å². The summed E-state index contributed by atoms with van der Waals surface area (Å²) in [6.45, 7) is 8.80. The van der Waals surface area contributed by atoms with Gasteiger partial charge in [0.05, 0.1) is 33.2 Å². The van der Waals surface area contributed by atoms with E-state index in [1.54, 1.807) is 50.9 Å². The van der Waals surface area contributed by atoms with Gasteiger partial charge in [0, 0.05) is 32.7 Å². The summed E-state index contributed by atoms with van der Waals surface area (Å²) in [5, 5.41) is 0.158. The lowest BCUT2D eigenvalue weighted by atomic mass is 10.0. The lowest BCUT2D eigenvalue weighted by molar-refractivity contribution is -0.120. The number of hydrogen-bond donors (Lipinski definition) is 0. The molecule has 1 aromatic carbocycles. The van der Waals surface area contributed by atoms with Crippen molar-refractivity contribution in [2.75, 3.05) is 31.6 Å². The predicted molar refractivity (Wildman–Crippen MR) is 150 cm³/mol. The highest BCUT2D eigenvalue weighted by molar-refractivity contribution is 6.33. The first-order chi connectivity index (χ1) is 19.2. The summed E-state index contributed by atoms with van der Waals surface area (Å²) >= 11 is 6.81. The minimum Gasteiger partial charge on any atom is -0.484 e. The highest BCUT2D eigenvalue weighted by Crippen LogP contribution is 2.44. The average Bonchev–Trinajstić information content (AvgIpc) is 2.92. The molecule has 0 spiro atoms. The number of piperazine rings is 1. The number of rotatable bonds is 3. The van der Waals surface area contributed by atoms with Crippen molar-refractivity contribution in [3.8, 4) is 17.0 Å². The minimum absolute atomic E-state index is 0.0758. The Morgan fingerprint density at radius 3 is 2.60 bits per heavy atom. The van der Waals surface area contributed by atoms with Gasteiger partial charge in [-0.1, -0.05) is 17.7 Å². The number of amides is 2. The number of amidine groups is 1. The summed E-state index contributed by atoms with van der Waals surface area (Å²) in [7, 11) is 1.64. The second-order valence-corrected chi connectivity index (χ2v) is 10.2. The van der Waals surface area contributed by atoms with E-state index in [2.05, 4.69) is 15.0 Å². The van der Waals surface area contributed by atoms with Crippen LogP contribution in [0, 0.1) is 19.7 Å². The molecule has 2 aliphatic heterocycles. The van der Waals surface area contributed by atoms with E-state index in [0.717, 1.165) is 6.41 Å². The minimum atomic E-state index is -0.680.